The van der Waals surface area contributed by atoms with E-state index in [-0.39, 0.29) is 0 Å². The van der Waals surface area contributed by atoms with Gasteiger partial charge in [-0.2, -0.15) is 5.10 Å². The van der Waals surface area contributed by atoms with E-state index in [9.17, 15) is 14.7 Å². The van der Waals surface area contributed by atoms with Gasteiger partial charge in [-0.3, -0.25) is 9.89 Å². The molecule has 106 valence electrons. The number of amides is 2. The number of aliphatic hydroxyl groups is 1. The third-order valence-corrected chi connectivity index (χ3v) is 2.59. The lowest BCUT2D eigenvalue weighted by atomic mass is 10.0. The van der Waals surface area contributed by atoms with Crippen molar-refractivity contribution in [2.24, 2.45) is 0 Å². The summed E-state index contributed by atoms with van der Waals surface area (Å²) in [6, 6.07) is 0.691. The van der Waals surface area contributed by atoms with E-state index in [1.165, 1.54) is 12.3 Å². The average Bonchev–Trinajstić information content (AvgIpc) is 2.85. The topological polar surface area (TPSA) is 127 Å². The van der Waals surface area contributed by atoms with Crippen LogP contribution in [-0.4, -0.2) is 44.6 Å². The van der Waals surface area contributed by atoms with Crippen LogP contribution < -0.4 is 10.6 Å². The number of aromatic amines is 1. The fraction of sp³-hybridized carbons (Fsp3) is 0.545. The lowest BCUT2D eigenvalue weighted by Crippen LogP contribution is -2.48. The van der Waals surface area contributed by atoms with Gasteiger partial charge < -0.3 is 20.8 Å². The molecule has 8 nitrogen and oxygen atoms in total. The molecule has 19 heavy (non-hydrogen) atoms. The van der Waals surface area contributed by atoms with Gasteiger partial charge in [0.2, 0.25) is 0 Å². The Labute approximate surface area is 110 Å². The molecule has 0 fully saturated rings. The number of carbonyl (C=O) groups is 2. The summed E-state index contributed by atoms with van der Waals surface area (Å²) in [6.45, 7) is 1.94. The largest absolute Gasteiger partial charge is 0.465 e. The number of anilines is 1. The van der Waals surface area contributed by atoms with Gasteiger partial charge in [-0.25, -0.2) is 4.79 Å². The van der Waals surface area contributed by atoms with Crippen LogP contribution in [0.15, 0.2) is 12.3 Å². The number of rotatable bonds is 7. The van der Waals surface area contributed by atoms with E-state index >= 15 is 0 Å². The first-order valence-corrected chi connectivity index (χ1v) is 6.02. The van der Waals surface area contributed by atoms with Crippen molar-refractivity contribution in [2.45, 2.75) is 38.3 Å². The zero-order valence-electron chi connectivity index (χ0n) is 10.6. The SMILES string of the molecule is CCCCC(NC(=O)O)C(O)C(=O)Nc1ccn[nH]1. The number of aliphatic hydroxyl groups excluding tert-OH is 1. The van der Waals surface area contributed by atoms with E-state index in [4.69, 9.17) is 5.11 Å². The van der Waals surface area contributed by atoms with Crippen molar-refractivity contribution >= 4 is 17.8 Å². The van der Waals surface area contributed by atoms with Crippen LogP contribution in [0.2, 0.25) is 0 Å². The van der Waals surface area contributed by atoms with Gasteiger partial charge >= 0.3 is 6.09 Å². The number of nitrogens with zero attached hydrogens (tertiary/aromatic N) is 1. The highest BCUT2D eigenvalue weighted by atomic mass is 16.4. The van der Waals surface area contributed by atoms with Crippen molar-refractivity contribution in [1.29, 1.82) is 0 Å². The molecule has 1 aromatic heterocycles. The lowest BCUT2D eigenvalue weighted by molar-refractivity contribution is -0.125. The fourth-order valence-corrected chi connectivity index (χ4v) is 1.61. The number of carboxylic acid groups (broad SMARTS) is 1. The van der Waals surface area contributed by atoms with Crippen LogP contribution in [0.5, 0.6) is 0 Å². The van der Waals surface area contributed by atoms with Crippen LogP contribution in [0.3, 0.4) is 0 Å². The molecule has 2 atom stereocenters. The molecule has 1 heterocycles. The number of aromatic nitrogens is 2. The molecule has 2 amide bonds. The number of nitrogens with one attached hydrogen (secondary N) is 3. The summed E-state index contributed by atoms with van der Waals surface area (Å²) in [4.78, 5) is 22.4. The minimum absolute atomic E-state index is 0.341. The second kappa shape index (κ2) is 7.37. The van der Waals surface area contributed by atoms with E-state index in [2.05, 4.69) is 20.8 Å². The van der Waals surface area contributed by atoms with Crippen molar-refractivity contribution in [2.75, 3.05) is 5.32 Å². The molecule has 1 aromatic rings. The Hall–Kier alpha value is -2.09. The third-order valence-electron chi connectivity index (χ3n) is 2.59. The molecule has 0 radical (unpaired) electrons. The molecule has 0 spiro atoms. The van der Waals surface area contributed by atoms with Gasteiger partial charge in [0, 0.05) is 6.07 Å². The summed E-state index contributed by atoms with van der Waals surface area (Å²) in [5, 5.41) is 29.3. The zero-order valence-corrected chi connectivity index (χ0v) is 10.6. The molecule has 2 unspecified atom stereocenters. The molecule has 0 aliphatic carbocycles. The van der Waals surface area contributed by atoms with E-state index in [1.807, 2.05) is 6.92 Å². The van der Waals surface area contributed by atoms with E-state index in [0.29, 0.717) is 18.7 Å². The molecule has 0 aliphatic rings. The maximum atomic E-state index is 11.8. The predicted octanol–water partition coefficient (Wildman–Crippen LogP) is 0.535. The molecule has 0 aliphatic heterocycles. The first-order valence-electron chi connectivity index (χ1n) is 6.02. The molecular formula is C11H18N4O4. The molecule has 0 saturated heterocycles. The monoisotopic (exact) mass is 270 g/mol. The van der Waals surface area contributed by atoms with Crippen LogP contribution in [0.25, 0.3) is 0 Å². The number of hydrogen-bond acceptors (Lipinski definition) is 4. The Kier molecular flexibility index (Phi) is 5.80. The second-order valence-corrected chi connectivity index (χ2v) is 4.10. The molecule has 0 saturated carbocycles. The van der Waals surface area contributed by atoms with Gasteiger partial charge in [-0.15, -0.1) is 0 Å². The Morgan fingerprint density at radius 1 is 1.53 bits per heavy atom. The summed E-state index contributed by atoms with van der Waals surface area (Å²) >= 11 is 0. The van der Waals surface area contributed by atoms with E-state index in [0.717, 1.165) is 6.42 Å². The molecule has 5 N–H and O–H groups in total. The van der Waals surface area contributed by atoms with Crippen LogP contribution in [-0.2, 0) is 4.79 Å². The quantitative estimate of drug-likeness (QED) is 0.494. The molecule has 8 heteroatoms. The maximum Gasteiger partial charge on any atom is 0.404 e. The van der Waals surface area contributed by atoms with Crippen molar-refractivity contribution in [3.8, 4) is 0 Å². The summed E-state index contributed by atoms with van der Waals surface area (Å²) in [5.41, 5.74) is 0. The van der Waals surface area contributed by atoms with Crippen LogP contribution in [0.1, 0.15) is 26.2 Å². The predicted molar refractivity (Wildman–Crippen MR) is 67.7 cm³/mol. The summed E-state index contributed by atoms with van der Waals surface area (Å²) < 4.78 is 0. The van der Waals surface area contributed by atoms with E-state index < -0.39 is 24.1 Å². The first kappa shape index (κ1) is 15.0. The van der Waals surface area contributed by atoms with Crippen molar-refractivity contribution in [3.05, 3.63) is 12.3 Å². The van der Waals surface area contributed by atoms with Gasteiger partial charge in [0.05, 0.1) is 12.2 Å². The van der Waals surface area contributed by atoms with Gasteiger partial charge in [0.25, 0.3) is 5.91 Å². The highest BCUT2D eigenvalue weighted by Gasteiger charge is 2.27. The van der Waals surface area contributed by atoms with Crippen LogP contribution in [0.4, 0.5) is 10.6 Å². The standard InChI is InChI=1S/C11H18N4O4/c1-2-3-4-7(13-11(18)19)9(16)10(17)14-8-5-6-12-15-8/h5-7,9,13,16H,2-4H2,1H3,(H,18,19)(H2,12,14,15,17). The maximum absolute atomic E-state index is 11.8. The second-order valence-electron chi connectivity index (χ2n) is 4.10. The lowest BCUT2D eigenvalue weighted by Gasteiger charge is -2.21. The molecule has 1 rings (SSSR count). The summed E-state index contributed by atoms with van der Waals surface area (Å²) in [5.74, 6) is -0.340. The number of H-pyrrole nitrogens is 1. The highest BCUT2D eigenvalue weighted by Crippen LogP contribution is 2.08. The Morgan fingerprint density at radius 3 is 2.79 bits per heavy atom. The van der Waals surface area contributed by atoms with Crippen molar-refractivity contribution < 1.29 is 19.8 Å². The zero-order chi connectivity index (χ0) is 14.3. The molecule has 0 aromatic carbocycles. The highest BCUT2D eigenvalue weighted by molar-refractivity contribution is 5.93. The smallest absolute Gasteiger partial charge is 0.404 e. The normalized spacial score (nSPS) is 13.6. The molecule has 0 bridgehead atoms. The van der Waals surface area contributed by atoms with Gasteiger partial charge in [-0.05, 0) is 6.42 Å². The van der Waals surface area contributed by atoms with Gasteiger partial charge in [0.15, 0.2) is 6.10 Å². The summed E-state index contributed by atoms with van der Waals surface area (Å²) in [6.07, 6.45) is 0.666. The Morgan fingerprint density at radius 2 is 2.26 bits per heavy atom. The fourth-order valence-electron chi connectivity index (χ4n) is 1.61. The number of carbonyl (C=O) groups excluding carboxylic acids is 1. The minimum Gasteiger partial charge on any atom is -0.465 e. The Bertz CT molecular complexity index is 407. The first-order chi connectivity index (χ1) is 9.04. The average molecular weight is 270 g/mol. The Balaban J connectivity index is 2.60. The third kappa shape index (κ3) is 4.96. The minimum atomic E-state index is -1.45. The van der Waals surface area contributed by atoms with Crippen molar-refractivity contribution in [1.82, 2.24) is 15.5 Å². The number of unbranched alkanes of at least 4 members (excludes halogenated alkanes) is 1. The van der Waals surface area contributed by atoms with Gasteiger partial charge in [-0.1, -0.05) is 19.8 Å². The number of hydrogen-bond donors (Lipinski definition) is 5. The van der Waals surface area contributed by atoms with Crippen LogP contribution in [0, 0.1) is 0 Å². The summed E-state index contributed by atoms with van der Waals surface area (Å²) in [7, 11) is 0. The molecular weight excluding hydrogens is 252 g/mol. The van der Waals surface area contributed by atoms with Crippen LogP contribution >= 0.6 is 0 Å². The van der Waals surface area contributed by atoms with E-state index in [1.54, 1.807) is 0 Å². The van der Waals surface area contributed by atoms with Crippen molar-refractivity contribution in [3.63, 3.8) is 0 Å². The van der Waals surface area contributed by atoms with Gasteiger partial charge in [0.1, 0.15) is 5.82 Å².